The van der Waals surface area contributed by atoms with Gasteiger partial charge in [0.05, 0.1) is 18.3 Å². The van der Waals surface area contributed by atoms with Crippen LogP contribution >= 0.6 is 0 Å². The summed E-state index contributed by atoms with van der Waals surface area (Å²) in [7, 11) is 1.46. The highest BCUT2D eigenvalue weighted by Gasteiger charge is 2.33. The number of carbonyl (C=O) groups is 2. The van der Waals surface area contributed by atoms with Crippen molar-refractivity contribution in [3.63, 3.8) is 0 Å². The number of likely N-dealkylation sites (tertiary alicyclic amines) is 1. The largest absolute Gasteiger partial charge is 0.399 e. The van der Waals surface area contributed by atoms with Crippen molar-refractivity contribution in [2.45, 2.75) is 19.4 Å². The van der Waals surface area contributed by atoms with E-state index in [1.165, 1.54) is 17.6 Å². The fourth-order valence-electron chi connectivity index (χ4n) is 3.12. The molecular formula is C20H20N2O3. The minimum absolute atomic E-state index is 0.172. The average Bonchev–Trinajstić information content (AvgIpc) is 3.05. The number of nitrogens with zero attached hydrogens (tertiary/aromatic N) is 2. The van der Waals surface area contributed by atoms with Crippen LogP contribution in [-0.2, 0) is 9.63 Å². The molecule has 0 saturated carbocycles. The number of rotatable bonds is 4. The van der Waals surface area contributed by atoms with Gasteiger partial charge in [-0.2, -0.15) is 0 Å². The average molecular weight is 336 g/mol. The van der Waals surface area contributed by atoms with E-state index in [9.17, 15) is 9.59 Å². The van der Waals surface area contributed by atoms with Crippen LogP contribution in [0.3, 0.4) is 0 Å². The zero-order valence-electron chi connectivity index (χ0n) is 14.3. The van der Waals surface area contributed by atoms with Gasteiger partial charge in [-0.3, -0.25) is 4.79 Å². The smallest absolute Gasteiger partial charge is 0.254 e. The summed E-state index contributed by atoms with van der Waals surface area (Å²) in [5.41, 5.74) is 4.64. The van der Waals surface area contributed by atoms with Gasteiger partial charge in [-0.1, -0.05) is 41.6 Å². The second-order valence-corrected chi connectivity index (χ2v) is 6.07. The van der Waals surface area contributed by atoms with Crippen molar-refractivity contribution in [2.75, 3.05) is 13.7 Å². The number of hydrogen-bond acceptors (Lipinski definition) is 4. The van der Waals surface area contributed by atoms with Gasteiger partial charge in [0.15, 0.2) is 0 Å². The lowest BCUT2D eigenvalue weighted by Crippen LogP contribution is -2.36. The molecule has 5 nitrogen and oxygen atoms in total. The molecule has 1 atom stereocenters. The highest BCUT2D eigenvalue weighted by Crippen LogP contribution is 2.24. The first-order valence-electron chi connectivity index (χ1n) is 8.15. The minimum atomic E-state index is -0.488. The Labute approximate surface area is 146 Å². The van der Waals surface area contributed by atoms with Crippen molar-refractivity contribution in [2.24, 2.45) is 5.16 Å². The summed E-state index contributed by atoms with van der Waals surface area (Å²) < 4.78 is 0. The monoisotopic (exact) mass is 336 g/mol. The Bertz CT molecular complexity index is 812. The van der Waals surface area contributed by atoms with E-state index in [2.05, 4.69) is 24.2 Å². The second-order valence-electron chi connectivity index (χ2n) is 6.07. The summed E-state index contributed by atoms with van der Waals surface area (Å²) in [4.78, 5) is 30.3. The maximum absolute atomic E-state index is 12.8. The molecule has 0 spiro atoms. The molecule has 2 aromatic carbocycles. The molecule has 1 unspecified atom stereocenters. The van der Waals surface area contributed by atoms with Crippen LogP contribution in [0.4, 0.5) is 0 Å². The van der Waals surface area contributed by atoms with Gasteiger partial charge in [0, 0.05) is 12.0 Å². The molecule has 3 rings (SSSR count). The van der Waals surface area contributed by atoms with Gasteiger partial charge in [-0.15, -0.1) is 0 Å². The summed E-state index contributed by atoms with van der Waals surface area (Å²) in [5.74, 6) is -0.172. The first-order valence-corrected chi connectivity index (χ1v) is 8.15. The molecule has 128 valence electrons. The van der Waals surface area contributed by atoms with Crippen molar-refractivity contribution >= 4 is 17.9 Å². The number of hydrogen-bond donors (Lipinski definition) is 0. The molecule has 1 heterocycles. The molecule has 25 heavy (non-hydrogen) atoms. The third-order valence-electron chi connectivity index (χ3n) is 4.42. The SMILES string of the molecule is CO/N=C1/CC(C=O)N(C(=O)c2ccc(-c3ccccc3C)cc2)C1. The van der Waals surface area contributed by atoms with Crippen LogP contribution in [-0.4, -0.2) is 42.5 Å². The van der Waals surface area contributed by atoms with Gasteiger partial charge in [-0.25, -0.2) is 0 Å². The van der Waals surface area contributed by atoms with Crippen LogP contribution in [0.1, 0.15) is 22.3 Å². The lowest BCUT2D eigenvalue weighted by molar-refractivity contribution is -0.111. The molecule has 0 N–H and O–H groups in total. The lowest BCUT2D eigenvalue weighted by atomic mass is 9.99. The summed E-state index contributed by atoms with van der Waals surface area (Å²) >= 11 is 0. The maximum Gasteiger partial charge on any atom is 0.254 e. The molecule has 1 fully saturated rings. The summed E-state index contributed by atoms with van der Waals surface area (Å²) in [5, 5.41) is 3.88. The summed E-state index contributed by atoms with van der Waals surface area (Å²) in [6.07, 6.45) is 1.21. The van der Waals surface area contributed by atoms with Crippen LogP contribution in [0.15, 0.2) is 53.7 Å². The van der Waals surface area contributed by atoms with Crippen molar-refractivity contribution in [1.82, 2.24) is 4.90 Å². The summed E-state index contributed by atoms with van der Waals surface area (Å²) in [6, 6.07) is 15.1. The Morgan fingerprint density at radius 3 is 2.56 bits per heavy atom. The first-order chi connectivity index (χ1) is 12.1. The number of benzene rings is 2. The molecule has 0 radical (unpaired) electrons. The number of oxime groups is 1. The van der Waals surface area contributed by atoms with E-state index in [1.807, 2.05) is 24.3 Å². The van der Waals surface area contributed by atoms with Gasteiger partial charge in [-0.05, 0) is 35.7 Å². The second kappa shape index (κ2) is 7.30. The van der Waals surface area contributed by atoms with Crippen LogP contribution in [0, 0.1) is 6.92 Å². The fraction of sp³-hybridized carbons (Fsp3) is 0.250. The third kappa shape index (κ3) is 3.45. The Balaban J connectivity index is 1.82. The summed E-state index contributed by atoms with van der Waals surface area (Å²) in [6.45, 7) is 2.37. The van der Waals surface area contributed by atoms with Gasteiger partial charge < -0.3 is 14.5 Å². The molecule has 5 heteroatoms. The zero-order chi connectivity index (χ0) is 17.8. The first kappa shape index (κ1) is 16.9. The van der Waals surface area contributed by atoms with Crippen molar-refractivity contribution in [1.29, 1.82) is 0 Å². The van der Waals surface area contributed by atoms with Crippen LogP contribution in [0.2, 0.25) is 0 Å². The van der Waals surface area contributed by atoms with E-state index in [-0.39, 0.29) is 5.91 Å². The predicted octanol–water partition coefficient (Wildman–Crippen LogP) is 3.08. The quantitative estimate of drug-likeness (QED) is 0.637. The molecule has 2 aromatic rings. The standard InChI is InChI=1S/C20H20N2O3/c1-14-5-3-4-6-19(14)15-7-9-16(10-8-15)20(24)22-12-17(21-25-2)11-18(22)13-23/h3-10,13,18H,11-12H2,1-2H3/b21-17-. The molecule has 1 amide bonds. The number of carbonyl (C=O) groups excluding carboxylic acids is 2. The molecule has 0 bridgehead atoms. The molecule has 0 aromatic heterocycles. The van der Waals surface area contributed by atoms with E-state index in [0.717, 1.165) is 17.4 Å². The highest BCUT2D eigenvalue weighted by atomic mass is 16.6. The molecule has 1 aliphatic rings. The Morgan fingerprint density at radius 1 is 1.20 bits per heavy atom. The molecule has 0 aliphatic carbocycles. The van der Waals surface area contributed by atoms with Gasteiger partial charge >= 0.3 is 0 Å². The number of aryl methyl sites for hydroxylation is 1. The Hall–Kier alpha value is -2.95. The van der Waals surface area contributed by atoms with Crippen molar-refractivity contribution < 1.29 is 14.4 Å². The van der Waals surface area contributed by atoms with E-state index >= 15 is 0 Å². The normalized spacial score (nSPS) is 18.4. The molecular weight excluding hydrogens is 316 g/mol. The fourth-order valence-corrected chi connectivity index (χ4v) is 3.12. The molecule has 1 saturated heterocycles. The van der Waals surface area contributed by atoms with Crippen LogP contribution in [0.5, 0.6) is 0 Å². The Kier molecular flexibility index (Phi) is 4.93. The van der Waals surface area contributed by atoms with E-state index in [0.29, 0.717) is 24.2 Å². The van der Waals surface area contributed by atoms with E-state index in [4.69, 9.17) is 4.84 Å². The van der Waals surface area contributed by atoms with Gasteiger partial charge in [0.25, 0.3) is 5.91 Å². The van der Waals surface area contributed by atoms with Crippen LogP contribution < -0.4 is 0 Å². The zero-order valence-corrected chi connectivity index (χ0v) is 14.3. The lowest BCUT2D eigenvalue weighted by Gasteiger charge is -2.19. The predicted molar refractivity (Wildman–Crippen MR) is 96.6 cm³/mol. The van der Waals surface area contributed by atoms with Crippen molar-refractivity contribution in [3.8, 4) is 11.1 Å². The Morgan fingerprint density at radius 2 is 1.92 bits per heavy atom. The van der Waals surface area contributed by atoms with Crippen LogP contribution in [0.25, 0.3) is 11.1 Å². The highest BCUT2D eigenvalue weighted by molar-refractivity contribution is 6.03. The maximum atomic E-state index is 12.8. The van der Waals surface area contributed by atoms with Crippen molar-refractivity contribution in [3.05, 3.63) is 59.7 Å². The minimum Gasteiger partial charge on any atom is -0.399 e. The van der Waals surface area contributed by atoms with Gasteiger partial charge in [0.2, 0.25) is 0 Å². The van der Waals surface area contributed by atoms with E-state index in [1.54, 1.807) is 12.1 Å². The molecule has 1 aliphatic heterocycles. The number of amides is 1. The van der Waals surface area contributed by atoms with E-state index < -0.39 is 6.04 Å². The third-order valence-corrected chi connectivity index (χ3v) is 4.42. The number of aldehydes is 1. The van der Waals surface area contributed by atoms with Gasteiger partial charge in [0.1, 0.15) is 13.4 Å². The topological polar surface area (TPSA) is 59.0 Å².